The van der Waals surface area contributed by atoms with Crippen LogP contribution in [-0.4, -0.2) is 54.5 Å². The van der Waals surface area contributed by atoms with E-state index in [1.54, 1.807) is 0 Å². The molecule has 1 amide bonds. The normalized spacial score (nSPS) is 20.8. The Balaban J connectivity index is 1.39. The maximum atomic E-state index is 12.4. The highest BCUT2D eigenvalue weighted by molar-refractivity contribution is 5.91. The molecule has 3 heterocycles. The number of esters is 1. The van der Waals surface area contributed by atoms with Crippen LogP contribution in [0.25, 0.3) is 10.9 Å². The first-order valence-electron chi connectivity index (χ1n) is 8.73. The van der Waals surface area contributed by atoms with E-state index in [0.29, 0.717) is 32.5 Å². The fourth-order valence-corrected chi connectivity index (χ4v) is 3.62. The Bertz CT molecular complexity index is 794. The third kappa shape index (κ3) is 3.29. The van der Waals surface area contributed by atoms with Gasteiger partial charge in [0.25, 0.3) is 0 Å². The number of hydrogen-bond donors (Lipinski definition) is 0. The zero-order valence-electron chi connectivity index (χ0n) is 14.1. The minimum Gasteiger partial charge on any atom is -0.465 e. The van der Waals surface area contributed by atoms with Crippen LogP contribution in [0.3, 0.4) is 0 Å². The number of para-hydroxylation sites is 1. The van der Waals surface area contributed by atoms with E-state index in [1.165, 1.54) is 5.69 Å². The number of piperazine rings is 1. The Hall–Kier alpha value is -2.63. The molecule has 1 atom stereocenters. The maximum Gasteiger partial charge on any atom is 0.306 e. The summed E-state index contributed by atoms with van der Waals surface area (Å²) in [5.41, 5.74) is 2.16. The Labute approximate surface area is 146 Å². The van der Waals surface area contributed by atoms with Gasteiger partial charge in [0.2, 0.25) is 5.91 Å². The second kappa shape index (κ2) is 6.70. The Morgan fingerprint density at radius 1 is 1.16 bits per heavy atom. The number of amides is 1. The van der Waals surface area contributed by atoms with Gasteiger partial charge in [-0.15, -0.1) is 0 Å². The Kier molecular flexibility index (Phi) is 4.26. The zero-order chi connectivity index (χ0) is 17.2. The van der Waals surface area contributed by atoms with E-state index in [0.717, 1.165) is 24.0 Å². The van der Waals surface area contributed by atoms with Crippen LogP contribution >= 0.6 is 0 Å². The number of hydrogen-bond acceptors (Lipinski definition) is 5. The molecule has 1 aromatic carbocycles. The Morgan fingerprint density at radius 2 is 1.96 bits per heavy atom. The third-order valence-corrected chi connectivity index (χ3v) is 5.00. The molecule has 0 radical (unpaired) electrons. The van der Waals surface area contributed by atoms with Gasteiger partial charge in [0.05, 0.1) is 18.5 Å². The lowest BCUT2D eigenvalue weighted by Gasteiger charge is -2.36. The SMILES string of the molecule is O=C1C[C@H](CC(=O)N2CCN(c3ccnc4ccccc34)CC2)CO1. The molecular weight excluding hydrogens is 318 g/mol. The van der Waals surface area contributed by atoms with E-state index in [2.05, 4.69) is 16.0 Å². The lowest BCUT2D eigenvalue weighted by Crippen LogP contribution is -2.49. The first-order valence-corrected chi connectivity index (χ1v) is 8.73. The summed E-state index contributed by atoms with van der Waals surface area (Å²) in [4.78, 5) is 32.2. The van der Waals surface area contributed by atoms with E-state index >= 15 is 0 Å². The molecule has 2 aliphatic heterocycles. The average molecular weight is 339 g/mol. The molecule has 0 unspecified atom stereocenters. The topological polar surface area (TPSA) is 62.7 Å². The molecule has 130 valence electrons. The van der Waals surface area contributed by atoms with Gasteiger partial charge in [0.15, 0.2) is 0 Å². The number of cyclic esters (lactones) is 1. The van der Waals surface area contributed by atoms with E-state index in [1.807, 2.05) is 35.4 Å². The van der Waals surface area contributed by atoms with Crippen LogP contribution < -0.4 is 4.90 Å². The summed E-state index contributed by atoms with van der Waals surface area (Å²) in [5, 5.41) is 1.14. The molecule has 2 aliphatic rings. The van der Waals surface area contributed by atoms with Gasteiger partial charge in [0, 0.05) is 55.8 Å². The van der Waals surface area contributed by atoms with Gasteiger partial charge < -0.3 is 14.5 Å². The number of aromatic nitrogens is 1. The number of anilines is 1. The number of nitrogens with zero attached hydrogens (tertiary/aromatic N) is 3. The van der Waals surface area contributed by atoms with Crippen molar-refractivity contribution in [2.75, 3.05) is 37.7 Å². The number of fused-ring (bicyclic) bond motifs is 1. The molecule has 1 aromatic heterocycles. The van der Waals surface area contributed by atoms with Gasteiger partial charge in [-0.05, 0) is 12.1 Å². The highest BCUT2D eigenvalue weighted by Gasteiger charge is 2.29. The molecule has 2 aromatic rings. The minimum absolute atomic E-state index is 0.0437. The lowest BCUT2D eigenvalue weighted by molar-refractivity contribution is -0.138. The summed E-state index contributed by atoms with van der Waals surface area (Å²) in [5.74, 6) is -0.0168. The molecule has 0 aliphatic carbocycles. The lowest BCUT2D eigenvalue weighted by atomic mass is 10.0. The number of carbonyl (C=O) groups excluding carboxylic acids is 2. The fraction of sp³-hybridized carbons (Fsp3) is 0.421. The zero-order valence-corrected chi connectivity index (χ0v) is 14.1. The van der Waals surface area contributed by atoms with Gasteiger partial charge in [-0.25, -0.2) is 0 Å². The quantitative estimate of drug-likeness (QED) is 0.799. The van der Waals surface area contributed by atoms with Crippen molar-refractivity contribution in [3.63, 3.8) is 0 Å². The van der Waals surface area contributed by atoms with Crippen molar-refractivity contribution in [1.29, 1.82) is 0 Å². The second-order valence-electron chi connectivity index (χ2n) is 6.67. The summed E-state index contributed by atoms with van der Waals surface area (Å²) >= 11 is 0. The minimum atomic E-state index is -0.188. The molecule has 6 heteroatoms. The standard InChI is InChI=1S/C19H21N3O3/c23-18(11-14-12-19(24)25-13-14)22-9-7-21(8-10-22)17-5-6-20-16-4-2-1-3-15(16)17/h1-6,14H,7-13H2/t14-/m0/s1. The van der Waals surface area contributed by atoms with Crippen molar-refractivity contribution in [2.24, 2.45) is 5.92 Å². The molecule has 6 nitrogen and oxygen atoms in total. The first-order chi connectivity index (χ1) is 12.2. The van der Waals surface area contributed by atoms with E-state index in [-0.39, 0.29) is 17.8 Å². The molecule has 0 N–H and O–H groups in total. The number of pyridine rings is 1. The third-order valence-electron chi connectivity index (χ3n) is 5.00. The van der Waals surface area contributed by atoms with Crippen LogP contribution in [0, 0.1) is 5.92 Å². The number of carbonyl (C=O) groups is 2. The molecule has 2 fully saturated rings. The van der Waals surface area contributed by atoms with Crippen LogP contribution in [0.1, 0.15) is 12.8 Å². The van der Waals surface area contributed by atoms with Gasteiger partial charge in [-0.1, -0.05) is 18.2 Å². The van der Waals surface area contributed by atoms with Crippen molar-refractivity contribution < 1.29 is 14.3 Å². The molecule has 4 rings (SSSR count). The van der Waals surface area contributed by atoms with Gasteiger partial charge in [0.1, 0.15) is 0 Å². The molecule has 0 bridgehead atoms. The highest BCUT2D eigenvalue weighted by atomic mass is 16.5. The van der Waals surface area contributed by atoms with Gasteiger partial charge in [-0.3, -0.25) is 14.6 Å². The summed E-state index contributed by atoms with van der Waals surface area (Å²) in [6, 6.07) is 10.2. The van der Waals surface area contributed by atoms with Gasteiger partial charge in [-0.2, -0.15) is 0 Å². The van der Waals surface area contributed by atoms with Crippen LogP contribution in [-0.2, 0) is 14.3 Å². The largest absolute Gasteiger partial charge is 0.465 e. The first kappa shape index (κ1) is 15.9. The van der Waals surface area contributed by atoms with E-state index in [4.69, 9.17) is 4.74 Å². The monoisotopic (exact) mass is 339 g/mol. The molecule has 25 heavy (non-hydrogen) atoms. The van der Waals surface area contributed by atoms with Gasteiger partial charge >= 0.3 is 5.97 Å². The summed E-state index contributed by atoms with van der Waals surface area (Å²) in [6.45, 7) is 3.40. The van der Waals surface area contributed by atoms with E-state index < -0.39 is 0 Å². The summed E-state index contributed by atoms with van der Waals surface area (Å²) < 4.78 is 4.95. The number of benzene rings is 1. The van der Waals surface area contributed by atoms with Crippen LogP contribution in [0.4, 0.5) is 5.69 Å². The van der Waals surface area contributed by atoms with Crippen molar-refractivity contribution in [3.05, 3.63) is 36.5 Å². The predicted octanol–water partition coefficient (Wildman–Crippen LogP) is 1.84. The van der Waals surface area contributed by atoms with Crippen LogP contribution in [0.15, 0.2) is 36.5 Å². The predicted molar refractivity (Wildman–Crippen MR) is 94.2 cm³/mol. The van der Waals surface area contributed by atoms with Crippen molar-refractivity contribution in [1.82, 2.24) is 9.88 Å². The second-order valence-corrected chi connectivity index (χ2v) is 6.67. The van der Waals surface area contributed by atoms with Crippen LogP contribution in [0.2, 0.25) is 0 Å². The fourth-order valence-electron chi connectivity index (χ4n) is 3.62. The summed E-state index contributed by atoms with van der Waals surface area (Å²) in [7, 11) is 0. The smallest absolute Gasteiger partial charge is 0.306 e. The average Bonchev–Trinajstić information content (AvgIpc) is 3.06. The number of rotatable bonds is 3. The van der Waals surface area contributed by atoms with Crippen molar-refractivity contribution in [3.8, 4) is 0 Å². The summed E-state index contributed by atoms with van der Waals surface area (Å²) in [6.07, 6.45) is 2.62. The molecule has 2 saturated heterocycles. The van der Waals surface area contributed by atoms with Crippen molar-refractivity contribution >= 4 is 28.5 Å². The Morgan fingerprint density at radius 3 is 2.72 bits per heavy atom. The molecule has 0 spiro atoms. The van der Waals surface area contributed by atoms with Crippen LogP contribution in [0.5, 0.6) is 0 Å². The van der Waals surface area contributed by atoms with E-state index in [9.17, 15) is 9.59 Å². The molecular formula is C19H21N3O3. The number of ether oxygens (including phenoxy) is 1. The highest BCUT2D eigenvalue weighted by Crippen LogP contribution is 2.26. The molecule has 0 saturated carbocycles. The maximum absolute atomic E-state index is 12.4. The van der Waals surface area contributed by atoms with Crippen molar-refractivity contribution in [2.45, 2.75) is 12.8 Å².